The van der Waals surface area contributed by atoms with Gasteiger partial charge in [0.2, 0.25) is 0 Å². The number of amides is 1. The summed E-state index contributed by atoms with van der Waals surface area (Å²) in [7, 11) is 0. The number of carbonyl (C=O) groups is 2. The van der Waals surface area contributed by atoms with Crippen LogP contribution in [0.4, 0.5) is 13.2 Å². The summed E-state index contributed by atoms with van der Waals surface area (Å²) in [6.45, 7) is 9.57. The highest BCUT2D eigenvalue weighted by atomic mass is 19.4. The Morgan fingerprint density at radius 1 is 1.07 bits per heavy atom. The van der Waals surface area contributed by atoms with E-state index in [2.05, 4.69) is 15.5 Å². The third-order valence-corrected chi connectivity index (χ3v) is 7.11. The number of carbonyl (C=O) groups excluding carboxylic acids is 2. The molecular formula is C30H38F3N5O3. The van der Waals surface area contributed by atoms with Gasteiger partial charge in [0.25, 0.3) is 5.91 Å². The minimum absolute atomic E-state index is 0.00387. The molecular weight excluding hydrogens is 535 g/mol. The molecule has 8 nitrogen and oxygen atoms in total. The van der Waals surface area contributed by atoms with Gasteiger partial charge in [-0.15, -0.1) is 0 Å². The van der Waals surface area contributed by atoms with E-state index in [0.717, 1.165) is 43.1 Å². The van der Waals surface area contributed by atoms with E-state index in [1.165, 1.54) is 18.2 Å². The molecule has 1 aromatic carbocycles. The average Bonchev–Trinajstić information content (AvgIpc) is 3.60. The van der Waals surface area contributed by atoms with Gasteiger partial charge in [0.15, 0.2) is 5.69 Å². The number of rotatable bonds is 9. The molecule has 1 aliphatic carbocycles. The Hall–Kier alpha value is -3.63. The van der Waals surface area contributed by atoms with Crippen molar-refractivity contribution >= 4 is 11.9 Å². The predicted molar refractivity (Wildman–Crippen MR) is 148 cm³/mol. The van der Waals surface area contributed by atoms with Crippen molar-refractivity contribution in [1.82, 2.24) is 24.9 Å². The van der Waals surface area contributed by atoms with Crippen LogP contribution >= 0.6 is 0 Å². The molecule has 4 rings (SSSR count). The van der Waals surface area contributed by atoms with Crippen LogP contribution in [0, 0.1) is 13.8 Å². The largest absolute Gasteiger partial charge is 0.460 e. The molecule has 0 unspecified atom stereocenters. The fourth-order valence-corrected chi connectivity index (χ4v) is 5.34. The van der Waals surface area contributed by atoms with Gasteiger partial charge in [-0.05, 0) is 72.1 Å². The lowest BCUT2D eigenvalue weighted by Gasteiger charge is -2.23. The number of nitrogens with one attached hydrogen (secondary N) is 1. The molecule has 11 heteroatoms. The molecule has 0 bridgehead atoms. The molecule has 1 N–H and O–H groups in total. The van der Waals surface area contributed by atoms with E-state index in [9.17, 15) is 22.8 Å². The van der Waals surface area contributed by atoms with Crippen LogP contribution in [0.15, 0.2) is 36.4 Å². The monoisotopic (exact) mass is 573 g/mol. The summed E-state index contributed by atoms with van der Waals surface area (Å²) in [4.78, 5) is 26.2. The fourth-order valence-electron chi connectivity index (χ4n) is 5.34. The zero-order valence-corrected chi connectivity index (χ0v) is 24.2. The van der Waals surface area contributed by atoms with Crippen molar-refractivity contribution in [3.05, 3.63) is 59.0 Å². The van der Waals surface area contributed by atoms with Crippen LogP contribution in [0.2, 0.25) is 0 Å². The molecule has 222 valence electrons. The highest BCUT2D eigenvalue weighted by Gasteiger charge is 2.35. The Balaban J connectivity index is 1.63. The average molecular weight is 574 g/mol. The third kappa shape index (κ3) is 7.77. The van der Waals surface area contributed by atoms with Gasteiger partial charge in [0.1, 0.15) is 5.60 Å². The summed E-state index contributed by atoms with van der Waals surface area (Å²) in [5.41, 5.74) is 0.576. The lowest BCUT2D eigenvalue weighted by molar-refractivity contribution is -0.155. The number of hydrogen-bond acceptors (Lipinski definition) is 5. The Labute approximate surface area is 238 Å². The minimum atomic E-state index is -4.56. The van der Waals surface area contributed by atoms with Crippen molar-refractivity contribution in [1.29, 1.82) is 0 Å². The number of aryl methyl sites for hydroxylation is 3. The molecule has 0 spiro atoms. The summed E-state index contributed by atoms with van der Waals surface area (Å²) in [5.74, 6) is -1.03. The van der Waals surface area contributed by atoms with Gasteiger partial charge >= 0.3 is 12.1 Å². The minimum Gasteiger partial charge on any atom is -0.460 e. The zero-order valence-electron chi connectivity index (χ0n) is 24.2. The van der Waals surface area contributed by atoms with Gasteiger partial charge in [-0.3, -0.25) is 19.0 Å². The lowest BCUT2D eigenvalue weighted by atomic mass is 10.0. The second kappa shape index (κ2) is 12.1. The Morgan fingerprint density at radius 2 is 1.76 bits per heavy atom. The predicted octanol–water partition coefficient (Wildman–Crippen LogP) is 6.42. The molecule has 1 saturated carbocycles. The standard InChI is InChI=1S/C30H38F3N5O3/c1-19-16-20(2)37(35-19)15-14-21(17-27(39)41-29(3,4)5)34-28(40)25-18-26(38(36-25)22-10-6-7-11-22)23-12-8-9-13-24(23)30(31,32)33/h8-9,12-13,16,18,21-22H,6-7,10-11,14-15,17H2,1-5H3,(H,34,40)/t21-/m0/s1. The molecule has 0 saturated heterocycles. The number of hydrogen-bond donors (Lipinski definition) is 1. The first kappa shape index (κ1) is 30.3. The summed E-state index contributed by atoms with van der Waals surface area (Å²) < 4.78 is 50.6. The Morgan fingerprint density at radius 3 is 2.37 bits per heavy atom. The van der Waals surface area contributed by atoms with E-state index in [1.807, 2.05) is 24.6 Å². The lowest BCUT2D eigenvalue weighted by Crippen LogP contribution is -2.39. The van der Waals surface area contributed by atoms with Gasteiger partial charge in [-0.2, -0.15) is 23.4 Å². The van der Waals surface area contributed by atoms with Crippen LogP contribution in [0.25, 0.3) is 11.3 Å². The second-order valence-electron chi connectivity index (χ2n) is 11.7. The van der Waals surface area contributed by atoms with Gasteiger partial charge in [-0.25, -0.2) is 0 Å². The second-order valence-corrected chi connectivity index (χ2v) is 11.7. The highest BCUT2D eigenvalue weighted by molar-refractivity contribution is 5.94. The topological polar surface area (TPSA) is 91.0 Å². The van der Waals surface area contributed by atoms with Crippen molar-refractivity contribution in [3.8, 4) is 11.3 Å². The fraction of sp³-hybridized carbons (Fsp3) is 0.533. The summed E-state index contributed by atoms with van der Waals surface area (Å²) in [6.07, 6.45) is -0.824. The summed E-state index contributed by atoms with van der Waals surface area (Å²) in [5, 5.41) is 11.9. The quantitative estimate of drug-likeness (QED) is 0.299. The maximum Gasteiger partial charge on any atom is 0.417 e. The molecule has 41 heavy (non-hydrogen) atoms. The Bertz CT molecular complexity index is 1380. The third-order valence-electron chi connectivity index (χ3n) is 7.11. The van der Waals surface area contributed by atoms with Gasteiger partial charge in [0.05, 0.1) is 29.4 Å². The van der Waals surface area contributed by atoms with E-state index in [0.29, 0.717) is 13.0 Å². The van der Waals surface area contributed by atoms with E-state index in [4.69, 9.17) is 4.74 Å². The van der Waals surface area contributed by atoms with Crippen LogP contribution in [0.5, 0.6) is 0 Å². The number of aromatic nitrogens is 4. The first-order chi connectivity index (χ1) is 19.2. The van der Waals surface area contributed by atoms with Crippen molar-refractivity contribution in [2.75, 3.05) is 0 Å². The van der Waals surface area contributed by atoms with E-state index in [1.54, 1.807) is 31.5 Å². The van der Waals surface area contributed by atoms with E-state index >= 15 is 0 Å². The summed E-state index contributed by atoms with van der Waals surface area (Å²) in [6, 6.07) is 8.00. The number of nitrogens with zero attached hydrogens (tertiary/aromatic N) is 4. The van der Waals surface area contributed by atoms with Gasteiger partial charge in [-0.1, -0.05) is 31.0 Å². The smallest absolute Gasteiger partial charge is 0.417 e. The number of ether oxygens (including phenoxy) is 1. The molecule has 1 amide bonds. The van der Waals surface area contributed by atoms with Crippen LogP contribution < -0.4 is 5.32 Å². The van der Waals surface area contributed by atoms with Crippen LogP contribution in [-0.4, -0.2) is 43.1 Å². The van der Waals surface area contributed by atoms with Gasteiger partial charge in [0, 0.05) is 23.8 Å². The molecule has 1 fully saturated rings. The van der Waals surface area contributed by atoms with Crippen LogP contribution in [0.3, 0.4) is 0 Å². The van der Waals surface area contributed by atoms with Crippen molar-refractivity contribution in [2.24, 2.45) is 0 Å². The van der Waals surface area contributed by atoms with Crippen molar-refractivity contribution in [2.45, 2.75) is 104 Å². The van der Waals surface area contributed by atoms with Crippen LogP contribution in [-0.2, 0) is 22.3 Å². The molecule has 3 aromatic rings. The molecule has 1 atom stereocenters. The highest BCUT2D eigenvalue weighted by Crippen LogP contribution is 2.40. The van der Waals surface area contributed by atoms with E-state index < -0.39 is 35.3 Å². The van der Waals surface area contributed by atoms with Gasteiger partial charge < -0.3 is 10.1 Å². The number of esters is 1. The van der Waals surface area contributed by atoms with Crippen LogP contribution in [0.1, 0.15) is 92.8 Å². The maximum atomic E-state index is 13.9. The SMILES string of the molecule is Cc1cc(C)n(CC[C@@H](CC(=O)OC(C)(C)C)NC(=O)c2cc(-c3ccccc3C(F)(F)F)n(C3CCCC3)n2)n1. The number of halogens is 3. The molecule has 2 aromatic heterocycles. The Kier molecular flexibility index (Phi) is 8.94. The first-order valence-electron chi connectivity index (χ1n) is 14.0. The summed E-state index contributed by atoms with van der Waals surface area (Å²) >= 11 is 0. The maximum absolute atomic E-state index is 13.9. The molecule has 2 heterocycles. The molecule has 1 aliphatic rings. The number of alkyl halides is 3. The molecule has 0 aliphatic heterocycles. The first-order valence-corrected chi connectivity index (χ1v) is 14.0. The molecule has 0 radical (unpaired) electrons. The van der Waals surface area contributed by atoms with Crippen molar-refractivity contribution < 1.29 is 27.5 Å². The number of benzene rings is 1. The van der Waals surface area contributed by atoms with Crippen molar-refractivity contribution in [3.63, 3.8) is 0 Å². The normalized spacial score (nSPS) is 15.2. The van der Waals surface area contributed by atoms with E-state index in [-0.39, 0.29) is 29.4 Å². The zero-order chi connectivity index (χ0) is 29.9.